The monoisotopic (exact) mass is 217 g/mol. The van der Waals surface area contributed by atoms with E-state index in [4.69, 9.17) is 10.00 Å². The Morgan fingerprint density at radius 3 is 2.75 bits per heavy atom. The molecule has 0 saturated heterocycles. The zero-order valence-electron chi connectivity index (χ0n) is 9.25. The van der Waals surface area contributed by atoms with Gasteiger partial charge in [-0.3, -0.25) is 0 Å². The van der Waals surface area contributed by atoms with Crippen LogP contribution in [0.2, 0.25) is 0 Å². The molecule has 0 spiro atoms. The lowest BCUT2D eigenvalue weighted by Crippen LogP contribution is -1.93. The Bertz CT molecular complexity index is 483. The van der Waals surface area contributed by atoms with E-state index in [1.165, 1.54) is 31.6 Å². The second-order valence-corrected chi connectivity index (χ2v) is 3.35. The first-order valence-electron chi connectivity index (χ1n) is 4.69. The van der Waals surface area contributed by atoms with Crippen LogP contribution in [0.1, 0.15) is 18.1 Å². The van der Waals surface area contributed by atoms with Gasteiger partial charge >= 0.3 is 0 Å². The van der Waals surface area contributed by atoms with Gasteiger partial charge < -0.3 is 4.74 Å². The van der Waals surface area contributed by atoms with E-state index in [0.717, 1.165) is 0 Å². The molecule has 0 aliphatic heterocycles. The first kappa shape index (κ1) is 12.0. The quantitative estimate of drug-likeness (QED) is 0.575. The van der Waals surface area contributed by atoms with Gasteiger partial charge in [-0.05, 0) is 30.7 Å². The van der Waals surface area contributed by atoms with Crippen molar-refractivity contribution in [1.29, 1.82) is 5.26 Å². The zero-order chi connectivity index (χ0) is 12.1. The van der Waals surface area contributed by atoms with Gasteiger partial charge in [0.05, 0.1) is 25.0 Å². The fraction of sp³-hybridized carbons (Fsp3) is 0.154. The fourth-order valence-electron chi connectivity index (χ4n) is 1.35. The van der Waals surface area contributed by atoms with E-state index in [2.05, 4.69) is 6.58 Å². The van der Waals surface area contributed by atoms with Gasteiger partial charge in [0.15, 0.2) is 0 Å². The first-order valence-corrected chi connectivity index (χ1v) is 4.69. The molecule has 0 aliphatic carbocycles. The molecule has 3 heteroatoms. The van der Waals surface area contributed by atoms with Crippen molar-refractivity contribution >= 4 is 5.57 Å². The van der Waals surface area contributed by atoms with Crippen LogP contribution >= 0.6 is 0 Å². The minimum absolute atomic E-state index is 0.391. The summed E-state index contributed by atoms with van der Waals surface area (Å²) in [4.78, 5) is 0. The Balaban J connectivity index is 3.40. The van der Waals surface area contributed by atoms with Crippen molar-refractivity contribution in [2.45, 2.75) is 6.92 Å². The molecule has 82 valence electrons. The van der Waals surface area contributed by atoms with Crippen molar-refractivity contribution in [3.05, 3.63) is 53.6 Å². The van der Waals surface area contributed by atoms with Crippen molar-refractivity contribution in [3.63, 3.8) is 0 Å². The van der Waals surface area contributed by atoms with Crippen LogP contribution in [0.5, 0.6) is 0 Å². The molecular formula is C13H12FNO. The van der Waals surface area contributed by atoms with Crippen LogP contribution in [0.15, 0.2) is 36.6 Å². The Morgan fingerprint density at radius 2 is 2.25 bits per heavy atom. The van der Waals surface area contributed by atoms with Crippen molar-refractivity contribution in [2.75, 3.05) is 7.11 Å². The lowest BCUT2D eigenvalue weighted by Gasteiger charge is -2.09. The molecule has 0 fully saturated rings. The summed E-state index contributed by atoms with van der Waals surface area (Å²) in [5.41, 5.74) is 2.23. The average Bonchev–Trinajstić information content (AvgIpc) is 2.25. The average molecular weight is 217 g/mol. The number of halogens is 1. The third kappa shape index (κ3) is 2.48. The van der Waals surface area contributed by atoms with Crippen LogP contribution in [0.3, 0.4) is 0 Å². The summed E-state index contributed by atoms with van der Waals surface area (Å²) in [7, 11) is 1.49. The molecule has 0 aliphatic rings. The largest absolute Gasteiger partial charge is 0.504 e. The first-order chi connectivity index (χ1) is 7.60. The molecule has 2 nitrogen and oxygen atoms in total. The molecule has 0 radical (unpaired) electrons. The van der Waals surface area contributed by atoms with E-state index in [9.17, 15) is 4.39 Å². The van der Waals surface area contributed by atoms with Crippen LogP contribution in [0.25, 0.3) is 5.57 Å². The summed E-state index contributed by atoms with van der Waals surface area (Å²) in [5.74, 6) is -0.391. The number of allylic oxidation sites excluding steroid dienone is 2. The van der Waals surface area contributed by atoms with Crippen molar-refractivity contribution in [1.82, 2.24) is 0 Å². The molecule has 0 bridgehead atoms. The van der Waals surface area contributed by atoms with E-state index in [1.807, 2.05) is 6.07 Å². The highest BCUT2D eigenvalue weighted by molar-refractivity contribution is 5.80. The molecule has 1 aromatic rings. The van der Waals surface area contributed by atoms with Crippen molar-refractivity contribution in [3.8, 4) is 6.07 Å². The van der Waals surface area contributed by atoms with E-state index >= 15 is 0 Å². The minimum Gasteiger partial charge on any atom is -0.504 e. The topological polar surface area (TPSA) is 33.0 Å². The second-order valence-electron chi connectivity index (χ2n) is 3.35. The molecule has 0 aromatic heterocycles. The zero-order valence-corrected chi connectivity index (χ0v) is 9.25. The number of benzene rings is 1. The van der Waals surface area contributed by atoms with Crippen molar-refractivity contribution < 1.29 is 9.13 Å². The summed E-state index contributed by atoms with van der Waals surface area (Å²) in [6.07, 6.45) is 1.46. The van der Waals surface area contributed by atoms with Gasteiger partial charge in [-0.1, -0.05) is 6.58 Å². The number of hydrogen-bond acceptors (Lipinski definition) is 2. The van der Waals surface area contributed by atoms with Crippen LogP contribution in [-0.2, 0) is 4.74 Å². The maximum absolute atomic E-state index is 13.1. The standard InChI is InChI=1S/C13H12FNO/c1-9(2)13(8-16-3)12-6-11(14)5-4-10(12)7-15/h4-6,8H,1H2,2-3H3. The number of rotatable bonds is 3. The van der Waals surface area contributed by atoms with E-state index in [0.29, 0.717) is 22.3 Å². The highest BCUT2D eigenvalue weighted by Gasteiger charge is 2.10. The van der Waals surface area contributed by atoms with Gasteiger partial charge in [0, 0.05) is 11.1 Å². The summed E-state index contributed by atoms with van der Waals surface area (Å²) in [5, 5.41) is 8.94. The number of methoxy groups -OCH3 is 1. The molecule has 0 atom stereocenters. The molecule has 0 unspecified atom stereocenters. The van der Waals surface area contributed by atoms with E-state index < -0.39 is 5.82 Å². The lowest BCUT2D eigenvalue weighted by atomic mass is 9.97. The van der Waals surface area contributed by atoms with Crippen LogP contribution in [-0.4, -0.2) is 7.11 Å². The third-order valence-corrected chi connectivity index (χ3v) is 2.09. The van der Waals surface area contributed by atoms with Gasteiger partial charge in [-0.2, -0.15) is 5.26 Å². The van der Waals surface area contributed by atoms with E-state index in [1.54, 1.807) is 6.92 Å². The number of nitrogens with zero attached hydrogens (tertiary/aromatic N) is 1. The number of nitriles is 1. The number of hydrogen-bond donors (Lipinski definition) is 0. The lowest BCUT2D eigenvalue weighted by molar-refractivity contribution is 0.340. The SMILES string of the molecule is C=C(C)C(=COC)c1cc(F)ccc1C#N. The van der Waals surface area contributed by atoms with Gasteiger partial charge in [-0.25, -0.2) is 4.39 Å². The van der Waals surface area contributed by atoms with Gasteiger partial charge in [0.25, 0.3) is 0 Å². The molecule has 1 rings (SSSR count). The molecule has 0 amide bonds. The third-order valence-electron chi connectivity index (χ3n) is 2.09. The van der Waals surface area contributed by atoms with Crippen molar-refractivity contribution in [2.24, 2.45) is 0 Å². The smallest absolute Gasteiger partial charge is 0.123 e. The Morgan fingerprint density at radius 1 is 1.56 bits per heavy atom. The maximum atomic E-state index is 13.1. The van der Waals surface area contributed by atoms with Crippen LogP contribution in [0, 0.1) is 17.1 Å². The molecule has 0 saturated carbocycles. The Labute approximate surface area is 94.3 Å². The molecular weight excluding hydrogens is 205 g/mol. The predicted molar refractivity (Wildman–Crippen MR) is 60.9 cm³/mol. The Hall–Kier alpha value is -2.08. The second kappa shape index (κ2) is 5.13. The summed E-state index contributed by atoms with van der Waals surface area (Å²) >= 11 is 0. The summed E-state index contributed by atoms with van der Waals surface area (Å²) < 4.78 is 18.0. The van der Waals surface area contributed by atoms with Gasteiger partial charge in [0.2, 0.25) is 0 Å². The van der Waals surface area contributed by atoms with Gasteiger partial charge in [-0.15, -0.1) is 0 Å². The molecule has 1 aromatic carbocycles. The fourth-order valence-corrected chi connectivity index (χ4v) is 1.35. The van der Waals surface area contributed by atoms with E-state index in [-0.39, 0.29) is 0 Å². The molecule has 16 heavy (non-hydrogen) atoms. The predicted octanol–water partition coefficient (Wildman–Crippen LogP) is 3.26. The Kier molecular flexibility index (Phi) is 3.84. The number of ether oxygens (including phenoxy) is 1. The normalized spacial score (nSPS) is 10.8. The maximum Gasteiger partial charge on any atom is 0.123 e. The summed E-state index contributed by atoms with van der Waals surface area (Å²) in [6, 6.07) is 6.01. The molecule has 0 N–H and O–H groups in total. The minimum atomic E-state index is -0.391. The van der Waals surface area contributed by atoms with Crippen LogP contribution < -0.4 is 0 Å². The highest BCUT2D eigenvalue weighted by atomic mass is 19.1. The highest BCUT2D eigenvalue weighted by Crippen LogP contribution is 2.25. The summed E-state index contributed by atoms with van der Waals surface area (Å²) in [6.45, 7) is 5.55. The van der Waals surface area contributed by atoms with Crippen LogP contribution in [0.4, 0.5) is 4.39 Å². The molecule has 0 heterocycles. The van der Waals surface area contributed by atoms with Gasteiger partial charge in [0.1, 0.15) is 5.82 Å².